The third-order valence-electron chi connectivity index (χ3n) is 4.39. The molecular weight excluding hydrogens is 264 g/mol. The highest BCUT2D eigenvalue weighted by molar-refractivity contribution is 5.76. The highest BCUT2D eigenvalue weighted by Gasteiger charge is 2.12. The molecule has 0 heterocycles. The highest BCUT2D eigenvalue weighted by atomic mass is 14.2. The summed E-state index contributed by atoms with van der Waals surface area (Å²) in [5, 5.41) is 0. The lowest BCUT2D eigenvalue weighted by atomic mass is 9.88. The number of hydrogen-bond donors (Lipinski definition) is 0. The minimum atomic E-state index is 0.569. The SMILES string of the molecule is CCC(C)c1ccc(-c2ccccc2)cc1-c1ccccc1. The fraction of sp³-hybridized carbons (Fsp3) is 0.182. The molecule has 0 saturated heterocycles. The molecule has 0 heteroatoms. The van der Waals surface area contributed by atoms with E-state index in [1.165, 1.54) is 27.8 Å². The van der Waals surface area contributed by atoms with Crippen molar-refractivity contribution in [3.05, 3.63) is 84.4 Å². The zero-order valence-corrected chi connectivity index (χ0v) is 13.3. The second-order valence-electron chi connectivity index (χ2n) is 5.84. The minimum absolute atomic E-state index is 0.569. The molecule has 1 atom stereocenters. The van der Waals surface area contributed by atoms with Gasteiger partial charge in [-0.25, -0.2) is 0 Å². The fourth-order valence-corrected chi connectivity index (χ4v) is 2.88. The van der Waals surface area contributed by atoms with Gasteiger partial charge in [-0.15, -0.1) is 0 Å². The summed E-state index contributed by atoms with van der Waals surface area (Å²) in [6.45, 7) is 4.56. The van der Waals surface area contributed by atoms with Crippen LogP contribution < -0.4 is 0 Å². The molecule has 0 N–H and O–H groups in total. The van der Waals surface area contributed by atoms with Gasteiger partial charge in [0.2, 0.25) is 0 Å². The van der Waals surface area contributed by atoms with Gasteiger partial charge in [-0.2, -0.15) is 0 Å². The third kappa shape index (κ3) is 2.96. The number of hydrogen-bond acceptors (Lipinski definition) is 0. The Morgan fingerprint density at radius 3 is 1.86 bits per heavy atom. The van der Waals surface area contributed by atoms with Gasteiger partial charge < -0.3 is 0 Å². The van der Waals surface area contributed by atoms with Crippen molar-refractivity contribution in [3.8, 4) is 22.3 Å². The molecule has 1 unspecified atom stereocenters. The van der Waals surface area contributed by atoms with E-state index in [1.54, 1.807) is 0 Å². The lowest BCUT2D eigenvalue weighted by Gasteiger charge is -2.17. The molecule has 22 heavy (non-hydrogen) atoms. The van der Waals surface area contributed by atoms with Crippen LogP contribution in [0.3, 0.4) is 0 Å². The molecular formula is C22H22. The van der Waals surface area contributed by atoms with Crippen LogP contribution in [-0.4, -0.2) is 0 Å². The van der Waals surface area contributed by atoms with Crippen molar-refractivity contribution in [2.45, 2.75) is 26.2 Å². The van der Waals surface area contributed by atoms with Crippen molar-refractivity contribution in [2.24, 2.45) is 0 Å². The molecule has 0 aliphatic rings. The molecule has 3 rings (SSSR count). The van der Waals surface area contributed by atoms with E-state index in [4.69, 9.17) is 0 Å². The molecule has 0 fully saturated rings. The van der Waals surface area contributed by atoms with Crippen LogP contribution in [0, 0.1) is 0 Å². The van der Waals surface area contributed by atoms with E-state index in [0.29, 0.717) is 5.92 Å². The van der Waals surface area contributed by atoms with Gasteiger partial charge in [0, 0.05) is 0 Å². The molecule has 0 aliphatic carbocycles. The summed E-state index contributed by atoms with van der Waals surface area (Å²) < 4.78 is 0. The average Bonchev–Trinajstić information content (AvgIpc) is 2.62. The Hall–Kier alpha value is -2.34. The maximum Gasteiger partial charge on any atom is -0.0143 e. The first-order valence-electron chi connectivity index (χ1n) is 8.04. The summed E-state index contributed by atoms with van der Waals surface area (Å²) in [5.41, 5.74) is 6.65. The lowest BCUT2D eigenvalue weighted by molar-refractivity contribution is 0.735. The summed E-state index contributed by atoms with van der Waals surface area (Å²) in [6, 6.07) is 28.2. The van der Waals surface area contributed by atoms with Crippen LogP contribution in [0.15, 0.2) is 78.9 Å². The first kappa shape index (κ1) is 14.6. The van der Waals surface area contributed by atoms with Crippen LogP contribution in [0.25, 0.3) is 22.3 Å². The summed E-state index contributed by atoms with van der Waals surface area (Å²) >= 11 is 0. The van der Waals surface area contributed by atoms with E-state index in [1.807, 2.05) is 0 Å². The molecule has 0 bridgehead atoms. The number of rotatable bonds is 4. The van der Waals surface area contributed by atoms with E-state index in [2.05, 4.69) is 92.7 Å². The van der Waals surface area contributed by atoms with Crippen molar-refractivity contribution in [1.82, 2.24) is 0 Å². The Morgan fingerprint density at radius 1 is 0.682 bits per heavy atom. The first-order valence-corrected chi connectivity index (χ1v) is 8.04. The topological polar surface area (TPSA) is 0 Å². The largest absolute Gasteiger partial charge is 0.0648 e. The predicted molar refractivity (Wildman–Crippen MR) is 96.0 cm³/mol. The van der Waals surface area contributed by atoms with E-state index in [-0.39, 0.29) is 0 Å². The van der Waals surface area contributed by atoms with Crippen LogP contribution in [-0.2, 0) is 0 Å². The summed E-state index contributed by atoms with van der Waals surface area (Å²) in [7, 11) is 0. The number of benzene rings is 3. The average molecular weight is 286 g/mol. The Kier molecular flexibility index (Phi) is 4.39. The molecule has 0 spiro atoms. The molecule has 0 aliphatic heterocycles. The molecule has 0 amide bonds. The maximum atomic E-state index is 2.34. The van der Waals surface area contributed by atoms with Crippen molar-refractivity contribution in [1.29, 1.82) is 0 Å². The van der Waals surface area contributed by atoms with Gasteiger partial charge in [0.1, 0.15) is 0 Å². The van der Waals surface area contributed by atoms with E-state index < -0.39 is 0 Å². The normalized spacial score (nSPS) is 12.1. The molecule has 0 radical (unpaired) electrons. The fourth-order valence-electron chi connectivity index (χ4n) is 2.88. The van der Waals surface area contributed by atoms with Crippen molar-refractivity contribution < 1.29 is 0 Å². The second kappa shape index (κ2) is 6.62. The standard InChI is InChI=1S/C22H22/c1-3-17(2)21-15-14-20(18-10-6-4-7-11-18)16-22(21)19-12-8-5-9-13-19/h4-17H,3H2,1-2H3. The first-order chi connectivity index (χ1) is 10.8. The third-order valence-corrected chi connectivity index (χ3v) is 4.39. The van der Waals surface area contributed by atoms with Gasteiger partial charge in [-0.3, -0.25) is 0 Å². The zero-order valence-electron chi connectivity index (χ0n) is 13.3. The monoisotopic (exact) mass is 286 g/mol. The molecule has 3 aromatic rings. The van der Waals surface area contributed by atoms with Crippen LogP contribution >= 0.6 is 0 Å². The summed E-state index contributed by atoms with van der Waals surface area (Å²) in [4.78, 5) is 0. The summed E-state index contributed by atoms with van der Waals surface area (Å²) in [6.07, 6.45) is 1.16. The van der Waals surface area contributed by atoms with E-state index >= 15 is 0 Å². The maximum absolute atomic E-state index is 2.34. The van der Waals surface area contributed by atoms with Crippen LogP contribution in [0.1, 0.15) is 31.7 Å². The van der Waals surface area contributed by atoms with Crippen molar-refractivity contribution in [2.75, 3.05) is 0 Å². The predicted octanol–water partition coefficient (Wildman–Crippen LogP) is 6.53. The van der Waals surface area contributed by atoms with Crippen LogP contribution in [0.2, 0.25) is 0 Å². The smallest absolute Gasteiger partial charge is 0.0143 e. The molecule has 110 valence electrons. The van der Waals surface area contributed by atoms with Gasteiger partial charge in [0.25, 0.3) is 0 Å². The Balaban J connectivity index is 2.15. The Bertz CT molecular complexity index is 727. The Morgan fingerprint density at radius 2 is 1.27 bits per heavy atom. The van der Waals surface area contributed by atoms with E-state index in [0.717, 1.165) is 6.42 Å². The van der Waals surface area contributed by atoms with Crippen LogP contribution in [0.5, 0.6) is 0 Å². The quantitative estimate of drug-likeness (QED) is 0.511. The molecule has 0 nitrogen and oxygen atoms in total. The molecule has 0 aromatic heterocycles. The van der Waals surface area contributed by atoms with Gasteiger partial charge in [-0.05, 0) is 46.2 Å². The minimum Gasteiger partial charge on any atom is -0.0648 e. The van der Waals surface area contributed by atoms with Gasteiger partial charge >= 0.3 is 0 Å². The highest BCUT2D eigenvalue weighted by Crippen LogP contribution is 2.34. The van der Waals surface area contributed by atoms with Gasteiger partial charge in [0.05, 0.1) is 0 Å². The van der Waals surface area contributed by atoms with Gasteiger partial charge in [-0.1, -0.05) is 86.6 Å². The zero-order chi connectivity index (χ0) is 15.4. The van der Waals surface area contributed by atoms with Crippen LogP contribution in [0.4, 0.5) is 0 Å². The second-order valence-corrected chi connectivity index (χ2v) is 5.84. The van der Waals surface area contributed by atoms with Gasteiger partial charge in [0.15, 0.2) is 0 Å². The lowest BCUT2D eigenvalue weighted by Crippen LogP contribution is -1.96. The molecule has 3 aromatic carbocycles. The molecule has 0 saturated carbocycles. The van der Waals surface area contributed by atoms with Crippen molar-refractivity contribution >= 4 is 0 Å². The van der Waals surface area contributed by atoms with E-state index in [9.17, 15) is 0 Å². The summed E-state index contributed by atoms with van der Waals surface area (Å²) in [5.74, 6) is 0.569. The Labute approximate surface area is 133 Å². The van der Waals surface area contributed by atoms with Crippen molar-refractivity contribution in [3.63, 3.8) is 0 Å².